The summed E-state index contributed by atoms with van der Waals surface area (Å²) in [6.45, 7) is 2.05. The zero-order valence-corrected chi connectivity index (χ0v) is 16.4. The average Bonchev–Trinajstić information content (AvgIpc) is 2.83. The molecular formula is C21H28N2O2S. The van der Waals surface area contributed by atoms with Crippen LogP contribution in [0.4, 0.5) is 0 Å². The van der Waals surface area contributed by atoms with E-state index in [2.05, 4.69) is 12.1 Å². The van der Waals surface area contributed by atoms with Gasteiger partial charge in [-0.3, -0.25) is 0 Å². The fraction of sp³-hybridized carbons (Fsp3) is 0.429. The van der Waals surface area contributed by atoms with Crippen molar-refractivity contribution in [3.8, 4) is 11.1 Å². The molecule has 1 heterocycles. The third kappa shape index (κ3) is 4.87. The van der Waals surface area contributed by atoms with Crippen molar-refractivity contribution in [1.29, 1.82) is 0 Å². The van der Waals surface area contributed by atoms with Crippen LogP contribution in [-0.4, -0.2) is 58.2 Å². The van der Waals surface area contributed by atoms with Crippen LogP contribution in [0.2, 0.25) is 0 Å². The standard InChI is InChI=1S/C21H28N2O2S/c1-22(2)17-21(24)13-6-15-23(16-14-21)26(25)20-11-9-19(10-12-20)18-7-4-3-5-8-18/h3-5,7-12,24H,6,13-17H2,1-2H3. The molecule has 2 unspecified atom stereocenters. The molecule has 0 bridgehead atoms. The molecule has 0 radical (unpaired) electrons. The maximum Gasteiger partial charge on any atom is 0.174 e. The van der Waals surface area contributed by atoms with Gasteiger partial charge < -0.3 is 14.6 Å². The first-order chi connectivity index (χ1) is 12.5. The first-order valence-corrected chi connectivity index (χ1v) is 10.3. The number of rotatable bonds is 5. The Hall–Kier alpha value is -1.37. The van der Waals surface area contributed by atoms with Crippen molar-refractivity contribution in [2.24, 2.45) is 0 Å². The maximum absolute atomic E-state index is 13.0. The van der Waals surface area contributed by atoms with E-state index < -0.39 is 17.0 Å². The van der Waals surface area contributed by atoms with Gasteiger partial charge >= 0.3 is 0 Å². The first kappa shape index (κ1) is 19.4. The van der Waals surface area contributed by atoms with Gasteiger partial charge in [-0.05, 0) is 68.8 Å². The molecule has 2 aromatic rings. The number of benzene rings is 2. The molecule has 2 aromatic carbocycles. The number of hydrogen-bond donors (Lipinski definition) is 1. The van der Waals surface area contributed by atoms with Crippen LogP contribution in [0, 0.1) is 0 Å². The van der Waals surface area contributed by atoms with Crippen LogP contribution in [0.15, 0.2) is 59.5 Å². The van der Waals surface area contributed by atoms with Crippen molar-refractivity contribution in [2.75, 3.05) is 33.7 Å². The van der Waals surface area contributed by atoms with E-state index in [4.69, 9.17) is 0 Å². The lowest BCUT2D eigenvalue weighted by Crippen LogP contribution is -2.41. The smallest absolute Gasteiger partial charge is 0.174 e. The van der Waals surface area contributed by atoms with Crippen LogP contribution in [0.5, 0.6) is 0 Å². The van der Waals surface area contributed by atoms with Gasteiger partial charge in [0.1, 0.15) is 0 Å². The summed E-state index contributed by atoms with van der Waals surface area (Å²) < 4.78 is 15.0. The van der Waals surface area contributed by atoms with Crippen LogP contribution in [0.1, 0.15) is 19.3 Å². The van der Waals surface area contributed by atoms with E-state index in [1.165, 1.54) is 0 Å². The Morgan fingerprint density at radius 2 is 1.65 bits per heavy atom. The van der Waals surface area contributed by atoms with Gasteiger partial charge in [0.2, 0.25) is 0 Å². The van der Waals surface area contributed by atoms with E-state index >= 15 is 0 Å². The minimum Gasteiger partial charge on any atom is -0.593 e. The summed E-state index contributed by atoms with van der Waals surface area (Å²) >= 11 is -1.18. The van der Waals surface area contributed by atoms with Gasteiger partial charge in [-0.2, -0.15) is 0 Å². The van der Waals surface area contributed by atoms with Crippen molar-refractivity contribution in [3.63, 3.8) is 0 Å². The normalized spacial score (nSPS) is 23.0. The summed E-state index contributed by atoms with van der Waals surface area (Å²) in [5, 5.41) is 10.8. The topological polar surface area (TPSA) is 49.8 Å². The predicted octanol–water partition coefficient (Wildman–Crippen LogP) is 3.15. The third-order valence-electron chi connectivity index (χ3n) is 4.88. The van der Waals surface area contributed by atoms with Gasteiger partial charge in [0.15, 0.2) is 4.90 Å². The highest BCUT2D eigenvalue weighted by molar-refractivity contribution is 7.89. The Labute approximate surface area is 159 Å². The van der Waals surface area contributed by atoms with Crippen LogP contribution < -0.4 is 0 Å². The predicted molar refractivity (Wildman–Crippen MR) is 107 cm³/mol. The average molecular weight is 373 g/mol. The van der Waals surface area contributed by atoms with Gasteiger partial charge in [0.25, 0.3) is 0 Å². The van der Waals surface area contributed by atoms with Crippen LogP contribution in [0.3, 0.4) is 0 Å². The Balaban J connectivity index is 1.66. The molecule has 0 amide bonds. The van der Waals surface area contributed by atoms with Crippen molar-refractivity contribution in [1.82, 2.24) is 9.21 Å². The van der Waals surface area contributed by atoms with E-state index in [1.54, 1.807) is 0 Å². The number of nitrogens with zero attached hydrogens (tertiary/aromatic N) is 2. The van der Waals surface area contributed by atoms with E-state index in [-0.39, 0.29) is 0 Å². The SMILES string of the molecule is CN(C)CC1(O)CCCN([S+]([O-])c2ccc(-c3ccccc3)cc2)CC1. The molecule has 2 atom stereocenters. The highest BCUT2D eigenvalue weighted by atomic mass is 32.2. The molecule has 0 spiro atoms. The fourth-order valence-electron chi connectivity index (χ4n) is 3.61. The number of hydrogen-bond acceptors (Lipinski definition) is 4. The van der Waals surface area contributed by atoms with Gasteiger partial charge in [0, 0.05) is 19.6 Å². The third-order valence-corrected chi connectivity index (χ3v) is 6.39. The molecule has 1 aliphatic rings. The quantitative estimate of drug-likeness (QED) is 0.819. The van der Waals surface area contributed by atoms with Gasteiger partial charge in [-0.1, -0.05) is 30.3 Å². The van der Waals surface area contributed by atoms with Crippen molar-refractivity contribution >= 4 is 11.4 Å². The molecule has 0 saturated carbocycles. The molecule has 1 saturated heterocycles. The maximum atomic E-state index is 13.0. The number of likely N-dealkylation sites (N-methyl/N-ethyl adjacent to an activating group) is 1. The molecule has 140 valence electrons. The van der Waals surface area contributed by atoms with Gasteiger partial charge in [-0.15, -0.1) is 4.31 Å². The Morgan fingerprint density at radius 1 is 1.00 bits per heavy atom. The molecule has 0 aliphatic carbocycles. The fourth-order valence-corrected chi connectivity index (χ4v) is 4.83. The van der Waals surface area contributed by atoms with Crippen molar-refractivity contribution < 1.29 is 9.66 Å². The highest BCUT2D eigenvalue weighted by Gasteiger charge is 2.34. The zero-order valence-electron chi connectivity index (χ0n) is 15.6. The zero-order chi connectivity index (χ0) is 18.6. The lowest BCUT2D eigenvalue weighted by atomic mass is 9.94. The minimum atomic E-state index is -1.18. The summed E-state index contributed by atoms with van der Waals surface area (Å²) in [4.78, 5) is 2.84. The van der Waals surface area contributed by atoms with E-state index in [0.29, 0.717) is 19.5 Å². The molecule has 3 rings (SSSR count). The van der Waals surface area contributed by atoms with E-state index in [0.717, 1.165) is 35.4 Å². The molecule has 1 N–H and O–H groups in total. The number of aliphatic hydroxyl groups is 1. The van der Waals surface area contributed by atoms with E-state index in [1.807, 2.05) is 65.8 Å². The summed E-state index contributed by atoms with van der Waals surface area (Å²) in [5.74, 6) is 0. The summed E-state index contributed by atoms with van der Waals surface area (Å²) in [5.41, 5.74) is 1.61. The lowest BCUT2D eigenvalue weighted by Gasteiger charge is -2.29. The molecular weight excluding hydrogens is 344 g/mol. The lowest BCUT2D eigenvalue weighted by molar-refractivity contribution is 0.00404. The molecule has 5 heteroatoms. The molecule has 26 heavy (non-hydrogen) atoms. The summed E-state index contributed by atoms with van der Waals surface area (Å²) in [7, 11) is 3.96. The minimum absolute atomic E-state index is 0.650. The van der Waals surface area contributed by atoms with Crippen LogP contribution in [0.25, 0.3) is 11.1 Å². The summed E-state index contributed by atoms with van der Waals surface area (Å²) in [6, 6.07) is 18.2. The van der Waals surface area contributed by atoms with Crippen LogP contribution >= 0.6 is 0 Å². The van der Waals surface area contributed by atoms with Gasteiger partial charge in [0.05, 0.1) is 17.0 Å². The summed E-state index contributed by atoms with van der Waals surface area (Å²) in [6.07, 6.45) is 2.27. The Kier molecular flexibility index (Phi) is 6.37. The Bertz CT molecular complexity index is 693. The monoisotopic (exact) mass is 372 g/mol. The second-order valence-electron chi connectivity index (χ2n) is 7.38. The first-order valence-electron chi connectivity index (χ1n) is 9.16. The molecule has 4 nitrogen and oxygen atoms in total. The second-order valence-corrected chi connectivity index (χ2v) is 8.87. The second kappa shape index (κ2) is 8.55. The highest BCUT2D eigenvalue weighted by Crippen LogP contribution is 2.28. The Morgan fingerprint density at radius 3 is 2.31 bits per heavy atom. The largest absolute Gasteiger partial charge is 0.593 e. The van der Waals surface area contributed by atoms with Crippen molar-refractivity contribution in [2.45, 2.75) is 29.8 Å². The van der Waals surface area contributed by atoms with Crippen LogP contribution in [-0.2, 0) is 11.4 Å². The van der Waals surface area contributed by atoms with E-state index in [9.17, 15) is 9.66 Å². The molecule has 0 aromatic heterocycles. The van der Waals surface area contributed by atoms with Gasteiger partial charge in [-0.25, -0.2) is 0 Å². The van der Waals surface area contributed by atoms with Crippen molar-refractivity contribution in [3.05, 3.63) is 54.6 Å². The molecule has 1 fully saturated rings. The molecule has 1 aliphatic heterocycles.